The van der Waals surface area contributed by atoms with E-state index in [0.717, 1.165) is 16.3 Å². The summed E-state index contributed by atoms with van der Waals surface area (Å²) >= 11 is 0. The van der Waals surface area contributed by atoms with Gasteiger partial charge in [-0.15, -0.1) is 23.4 Å². The molecule has 0 spiro atoms. The summed E-state index contributed by atoms with van der Waals surface area (Å²) in [4.78, 5) is 22.1. The second kappa shape index (κ2) is 7.48. The van der Waals surface area contributed by atoms with Crippen LogP contribution in [0.5, 0.6) is 0 Å². The molecule has 178 valence electrons. The molecular weight excluding hydrogens is 474 g/mol. The number of carbonyl (C=O) groups is 1. The van der Waals surface area contributed by atoms with Crippen molar-refractivity contribution in [3.63, 3.8) is 0 Å². The highest BCUT2D eigenvalue weighted by molar-refractivity contribution is 5.90. The maximum atomic E-state index is 14.2. The van der Waals surface area contributed by atoms with Gasteiger partial charge in [-0.05, 0) is 24.3 Å². The number of alkyl halides is 3. The number of aromatic amines is 1. The monoisotopic (exact) mass is 487 g/mol. The Kier molecular flexibility index (Phi) is 4.49. The third-order valence-electron chi connectivity index (χ3n) is 5.60. The van der Waals surface area contributed by atoms with Gasteiger partial charge in [-0.2, -0.15) is 19.3 Å². The van der Waals surface area contributed by atoms with Gasteiger partial charge in [0.15, 0.2) is 0 Å². The number of hydrogen-bond donors (Lipinski definition) is 1. The summed E-state index contributed by atoms with van der Waals surface area (Å²) in [6, 6.07) is 6.36. The molecule has 5 aromatic rings. The zero-order valence-corrected chi connectivity index (χ0v) is 17.4. The maximum absolute atomic E-state index is 14.2. The Bertz CT molecular complexity index is 1560. The summed E-state index contributed by atoms with van der Waals surface area (Å²) in [5.41, 5.74) is 1.92. The third-order valence-corrected chi connectivity index (χ3v) is 5.60. The van der Waals surface area contributed by atoms with Gasteiger partial charge in [0.05, 0.1) is 23.2 Å². The Morgan fingerprint density at radius 2 is 2.03 bits per heavy atom. The van der Waals surface area contributed by atoms with E-state index in [1.54, 1.807) is 18.2 Å². The van der Waals surface area contributed by atoms with E-state index in [4.69, 9.17) is 4.42 Å². The molecule has 1 amide bonds. The molecule has 6 heterocycles. The fourth-order valence-electron chi connectivity index (χ4n) is 4.05. The number of amides is 1. The van der Waals surface area contributed by atoms with Crippen LogP contribution in [0.25, 0.3) is 17.1 Å². The minimum Gasteiger partial charge on any atom is -0.411 e. The van der Waals surface area contributed by atoms with Crippen molar-refractivity contribution in [1.29, 1.82) is 0 Å². The van der Waals surface area contributed by atoms with Crippen molar-refractivity contribution >= 4 is 11.4 Å². The first-order valence-electron chi connectivity index (χ1n) is 10.2. The summed E-state index contributed by atoms with van der Waals surface area (Å²) in [5.74, 6) is -2.06. The lowest BCUT2D eigenvalue weighted by atomic mass is 9.99. The third kappa shape index (κ3) is 3.43. The first-order valence-corrected chi connectivity index (χ1v) is 10.2. The van der Waals surface area contributed by atoms with E-state index >= 15 is 0 Å². The SMILES string of the molecule is O=C(c1nnc(-c2ccn(C(F)(F)F)n2)o1)N1CCc2[nH]cnc2[C@H]1c1cc2cccc(F)n2n1. The molecule has 1 N–H and O–H groups in total. The Morgan fingerprint density at radius 3 is 2.80 bits per heavy atom. The molecule has 0 fully saturated rings. The predicted octanol–water partition coefficient (Wildman–Crippen LogP) is 2.71. The Morgan fingerprint density at radius 1 is 1.17 bits per heavy atom. The number of pyridine rings is 1. The summed E-state index contributed by atoms with van der Waals surface area (Å²) in [6.45, 7) is 0.218. The molecule has 1 aliphatic heterocycles. The number of nitrogens with zero attached hydrogens (tertiary/aromatic N) is 8. The molecule has 15 heteroatoms. The number of fused-ring (bicyclic) bond motifs is 2. The van der Waals surface area contributed by atoms with Crippen LogP contribution in [0, 0.1) is 5.95 Å². The van der Waals surface area contributed by atoms with Crippen LogP contribution >= 0.6 is 0 Å². The zero-order valence-electron chi connectivity index (χ0n) is 17.4. The highest BCUT2D eigenvalue weighted by Gasteiger charge is 2.38. The van der Waals surface area contributed by atoms with Crippen LogP contribution in [0.3, 0.4) is 0 Å². The van der Waals surface area contributed by atoms with E-state index < -0.39 is 30.1 Å². The lowest BCUT2D eigenvalue weighted by Gasteiger charge is -2.32. The molecular formula is C20H13F4N9O2. The zero-order chi connectivity index (χ0) is 24.3. The van der Waals surface area contributed by atoms with Gasteiger partial charge in [0.1, 0.15) is 11.7 Å². The summed E-state index contributed by atoms with van der Waals surface area (Å²) in [7, 11) is 0. The van der Waals surface area contributed by atoms with Crippen LogP contribution in [0.1, 0.15) is 33.8 Å². The van der Waals surface area contributed by atoms with E-state index in [-0.39, 0.29) is 22.8 Å². The van der Waals surface area contributed by atoms with Crippen molar-refractivity contribution < 1.29 is 26.8 Å². The van der Waals surface area contributed by atoms with Gasteiger partial charge in [-0.3, -0.25) is 4.79 Å². The van der Waals surface area contributed by atoms with Crippen molar-refractivity contribution in [2.24, 2.45) is 0 Å². The van der Waals surface area contributed by atoms with Gasteiger partial charge >= 0.3 is 18.1 Å². The Balaban J connectivity index is 1.37. The number of H-pyrrole nitrogens is 1. The molecule has 0 aromatic carbocycles. The minimum absolute atomic E-state index is 0.212. The van der Waals surface area contributed by atoms with Crippen molar-refractivity contribution in [2.45, 2.75) is 18.8 Å². The van der Waals surface area contributed by atoms with Crippen LogP contribution in [-0.4, -0.2) is 56.9 Å². The second-order valence-corrected chi connectivity index (χ2v) is 7.70. The number of rotatable bonds is 3. The summed E-state index contributed by atoms with van der Waals surface area (Å²) in [6.07, 6.45) is -2.09. The highest BCUT2D eigenvalue weighted by Crippen LogP contribution is 2.34. The first kappa shape index (κ1) is 21.0. The average Bonchev–Trinajstić information content (AvgIpc) is 3.62. The minimum atomic E-state index is -4.72. The standard InChI is InChI=1S/C20H13F4N9O2/c21-14-3-1-2-10-8-13(30-33(10)14)16-15-11(25-9-26-15)4-6-31(16)19(34)18-28-27-17(35-18)12-5-7-32(29-12)20(22,23)24/h1-3,5,7-9,16H,4,6H2,(H,25,26)/t16-/m1/s1. The fraction of sp³-hybridized carbons (Fsp3) is 0.200. The number of hydrogen-bond acceptors (Lipinski definition) is 7. The van der Waals surface area contributed by atoms with Crippen molar-refractivity contribution in [3.05, 3.63) is 71.8 Å². The van der Waals surface area contributed by atoms with E-state index in [1.165, 1.54) is 17.3 Å². The number of carbonyl (C=O) groups excluding carboxylic acids is 1. The molecule has 0 radical (unpaired) electrons. The van der Waals surface area contributed by atoms with Gasteiger partial charge in [-0.25, -0.2) is 9.50 Å². The molecule has 6 rings (SSSR count). The van der Waals surface area contributed by atoms with Crippen molar-refractivity contribution in [2.75, 3.05) is 6.54 Å². The van der Waals surface area contributed by atoms with Crippen LogP contribution in [0.2, 0.25) is 0 Å². The quantitative estimate of drug-likeness (QED) is 0.307. The number of aromatic nitrogens is 8. The molecule has 0 unspecified atom stereocenters. The Hall–Kier alpha value is -4.56. The average molecular weight is 487 g/mol. The fourth-order valence-corrected chi connectivity index (χ4v) is 4.05. The lowest BCUT2D eigenvalue weighted by molar-refractivity contribution is -0.212. The molecule has 11 nitrogen and oxygen atoms in total. The summed E-state index contributed by atoms with van der Waals surface area (Å²) < 4.78 is 59.0. The number of halogens is 4. The molecule has 0 bridgehead atoms. The van der Waals surface area contributed by atoms with Crippen LogP contribution in [0.4, 0.5) is 17.6 Å². The molecule has 1 aliphatic rings. The predicted molar refractivity (Wildman–Crippen MR) is 107 cm³/mol. The smallest absolute Gasteiger partial charge is 0.411 e. The summed E-state index contributed by atoms with van der Waals surface area (Å²) in [5, 5.41) is 15.1. The molecule has 1 atom stereocenters. The number of nitrogens with one attached hydrogen (secondary N) is 1. The van der Waals surface area contributed by atoms with Gasteiger partial charge < -0.3 is 14.3 Å². The van der Waals surface area contributed by atoms with E-state index in [9.17, 15) is 22.4 Å². The molecule has 0 saturated carbocycles. The van der Waals surface area contributed by atoms with Gasteiger partial charge in [-0.1, -0.05) is 6.07 Å². The van der Waals surface area contributed by atoms with Crippen LogP contribution in [0.15, 0.2) is 47.3 Å². The van der Waals surface area contributed by atoms with E-state index in [2.05, 4.69) is 30.4 Å². The molecule has 0 aliphatic carbocycles. The molecule has 35 heavy (non-hydrogen) atoms. The van der Waals surface area contributed by atoms with Crippen molar-refractivity contribution in [1.82, 2.24) is 44.5 Å². The normalized spacial score (nSPS) is 16.1. The van der Waals surface area contributed by atoms with Crippen molar-refractivity contribution in [3.8, 4) is 11.6 Å². The van der Waals surface area contributed by atoms with E-state index in [0.29, 0.717) is 29.5 Å². The van der Waals surface area contributed by atoms with Crippen LogP contribution in [-0.2, 0) is 12.7 Å². The largest absolute Gasteiger partial charge is 0.504 e. The van der Waals surface area contributed by atoms with E-state index in [1.807, 2.05) is 0 Å². The first-order chi connectivity index (χ1) is 16.8. The lowest BCUT2D eigenvalue weighted by Crippen LogP contribution is -2.41. The molecule has 5 aromatic heterocycles. The number of imidazole rings is 1. The highest BCUT2D eigenvalue weighted by atomic mass is 19.4. The topological polar surface area (TPSA) is 123 Å². The second-order valence-electron chi connectivity index (χ2n) is 7.70. The van der Waals surface area contributed by atoms with Gasteiger partial charge in [0, 0.05) is 24.9 Å². The Labute approximate surface area is 192 Å². The van der Waals surface area contributed by atoms with Crippen LogP contribution < -0.4 is 0 Å². The molecule has 0 saturated heterocycles. The van der Waals surface area contributed by atoms with Gasteiger partial charge in [0.25, 0.3) is 5.89 Å². The maximum Gasteiger partial charge on any atom is 0.504 e. The van der Waals surface area contributed by atoms with Gasteiger partial charge in [0.2, 0.25) is 5.95 Å².